The summed E-state index contributed by atoms with van der Waals surface area (Å²) in [6.07, 6.45) is -0.102. The zero-order valence-corrected chi connectivity index (χ0v) is 12.6. The highest BCUT2D eigenvalue weighted by Gasteiger charge is 2.26. The van der Waals surface area contributed by atoms with Gasteiger partial charge < -0.3 is 15.2 Å². The van der Waals surface area contributed by atoms with E-state index < -0.39 is 12.0 Å². The second-order valence-corrected chi connectivity index (χ2v) is 4.53. The predicted molar refractivity (Wildman–Crippen MR) is 80.6 cm³/mol. The number of benzene rings is 1. The van der Waals surface area contributed by atoms with Crippen molar-refractivity contribution < 1.29 is 19.4 Å². The fourth-order valence-electron chi connectivity index (χ4n) is 2.16. The lowest BCUT2D eigenvalue weighted by Crippen LogP contribution is -2.43. The second kappa shape index (κ2) is 8.26. The third kappa shape index (κ3) is 4.75. The van der Waals surface area contributed by atoms with E-state index in [-0.39, 0.29) is 12.3 Å². The number of methoxy groups -OCH3 is 1. The third-order valence-electron chi connectivity index (χ3n) is 3.30. The summed E-state index contributed by atoms with van der Waals surface area (Å²) in [4.78, 5) is 25.1. The van der Waals surface area contributed by atoms with Gasteiger partial charge in [0.2, 0.25) is 5.91 Å². The first-order chi connectivity index (χ1) is 10.0. The Hall–Kier alpha value is -2.08. The highest BCUT2D eigenvalue weighted by molar-refractivity contribution is 5.95. The van der Waals surface area contributed by atoms with Crippen LogP contribution in [0.3, 0.4) is 0 Å². The van der Waals surface area contributed by atoms with Gasteiger partial charge in [0.05, 0.1) is 19.2 Å². The van der Waals surface area contributed by atoms with Gasteiger partial charge in [-0.25, -0.2) is 0 Å². The van der Waals surface area contributed by atoms with E-state index in [1.807, 2.05) is 13.8 Å². The molecule has 2 N–H and O–H groups in total. The van der Waals surface area contributed by atoms with E-state index in [1.54, 1.807) is 29.2 Å². The van der Waals surface area contributed by atoms with Gasteiger partial charge in [0.1, 0.15) is 11.8 Å². The Kier molecular flexibility index (Phi) is 6.68. The molecule has 6 heteroatoms. The number of amides is 1. The highest BCUT2D eigenvalue weighted by atomic mass is 16.5. The molecule has 6 nitrogen and oxygen atoms in total. The first kappa shape index (κ1) is 17.0. The molecule has 0 saturated heterocycles. The maximum absolute atomic E-state index is 12.1. The fourth-order valence-corrected chi connectivity index (χ4v) is 2.16. The molecule has 1 aromatic carbocycles. The number of carbonyl (C=O) groups excluding carboxylic acids is 1. The number of rotatable bonds is 8. The van der Waals surface area contributed by atoms with Gasteiger partial charge in [0.15, 0.2) is 0 Å². The molecule has 0 fully saturated rings. The molecule has 0 unspecified atom stereocenters. The van der Waals surface area contributed by atoms with E-state index in [0.717, 1.165) is 0 Å². The van der Waals surface area contributed by atoms with Gasteiger partial charge in [0.25, 0.3) is 0 Å². The number of nitrogens with zero attached hydrogens (tertiary/aromatic N) is 1. The van der Waals surface area contributed by atoms with Crippen molar-refractivity contribution in [2.45, 2.75) is 26.3 Å². The largest absolute Gasteiger partial charge is 0.495 e. The fraction of sp³-hybridized carbons (Fsp3) is 0.467. The van der Waals surface area contributed by atoms with E-state index in [0.29, 0.717) is 24.5 Å². The van der Waals surface area contributed by atoms with Gasteiger partial charge in [-0.2, -0.15) is 0 Å². The molecule has 116 valence electrons. The Morgan fingerprint density at radius 2 is 1.90 bits per heavy atom. The molecule has 1 aromatic rings. The molecule has 0 aromatic heterocycles. The normalized spacial score (nSPS) is 12.0. The first-order valence-corrected chi connectivity index (χ1v) is 6.93. The summed E-state index contributed by atoms with van der Waals surface area (Å²) in [7, 11) is 1.51. The lowest BCUT2D eigenvalue weighted by molar-refractivity contribution is -0.145. The summed E-state index contributed by atoms with van der Waals surface area (Å²) < 4.78 is 5.15. The Morgan fingerprint density at radius 1 is 1.29 bits per heavy atom. The minimum atomic E-state index is -0.992. The van der Waals surface area contributed by atoms with Crippen LogP contribution >= 0.6 is 0 Å². The number of ether oxygens (including phenoxy) is 1. The summed E-state index contributed by atoms with van der Waals surface area (Å²) in [5.74, 6) is -0.798. The minimum absolute atomic E-state index is 0.102. The number of carboxylic acid groups (broad SMARTS) is 1. The number of carbonyl (C=O) groups is 2. The van der Waals surface area contributed by atoms with Crippen molar-refractivity contribution in [3.63, 3.8) is 0 Å². The van der Waals surface area contributed by atoms with Crippen molar-refractivity contribution in [1.82, 2.24) is 4.90 Å². The second-order valence-electron chi connectivity index (χ2n) is 4.53. The Balaban J connectivity index is 2.76. The van der Waals surface area contributed by atoms with Crippen LogP contribution in [0.15, 0.2) is 24.3 Å². The topological polar surface area (TPSA) is 78.9 Å². The van der Waals surface area contributed by atoms with Gasteiger partial charge >= 0.3 is 5.97 Å². The molecule has 0 saturated carbocycles. The van der Waals surface area contributed by atoms with E-state index in [2.05, 4.69) is 5.32 Å². The van der Waals surface area contributed by atoms with Crippen LogP contribution in [-0.2, 0) is 9.59 Å². The maximum atomic E-state index is 12.1. The first-order valence-electron chi connectivity index (χ1n) is 6.93. The summed E-state index contributed by atoms with van der Waals surface area (Å²) in [6, 6.07) is 6.19. The summed E-state index contributed by atoms with van der Waals surface area (Å²) in [5, 5.41) is 12.0. The van der Waals surface area contributed by atoms with Crippen LogP contribution in [0, 0.1) is 0 Å². The summed E-state index contributed by atoms with van der Waals surface area (Å²) in [6.45, 7) is 4.90. The summed E-state index contributed by atoms with van der Waals surface area (Å²) >= 11 is 0. The molecule has 0 heterocycles. The van der Waals surface area contributed by atoms with Gasteiger partial charge in [-0.1, -0.05) is 26.0 Å². The van der Waals surface area contributed by atoms with Crippen molar-refractivity contribution >= 4 is 17.6 Å². The van der Waals surface area contributed by atoms with Crippen LogP contribution in [0.1, 0.15) is 20.3 Å². The average Bonchev–Trinajstić information content (AvgIpc) is 2.47. The lowest BCUT2D eigenvalue weighted by atomic mass is 10.1. The molecule has 0 bridgehead atoms. The molecule has 0 radical (unpaired) electrons. The smallest absolute Gasteiger partial charge is 0.321 e. The van der Waals surface area contributed by atoms with Crippen LogP contribution in [0.5, 0.6) is 5.75 Å². The van der Waals surface area contributed by atoms with E-state index in [4.69, 9.17) is 4.74 Å². The molecule has 1 rings (SSSR count). The average molecular weight is 294 g/mol. The molecule has 0 spiro atoms. The van der Waals surface area contributed by atoms with E-state index >= 15 is 0 Å². The third-order valence-corrected chi connectivity index (χ3v) is 3.30. The van der Waals surface area contributed by atoms with Crippen LogP contribution in [0.25, 0.3) is 0 Å². The Labute approximate surface area is 124 Å². The quantitative estimate of drug-likeness (QED) is 0.764. The van der Waals surface area contributed by atoms with Crippen molar-refractivity contribution in [3.05, 3.63) is 24.3 Å². The summed E-state index contributed by atoms with van der Waals surface area (Å²) in [5.41, 5.74) is 0.536. The van der Waals surface area contributed by atoms with Gasteiger partial charge in [-0.3, -0.25) is 14.5 Å². The molecule has 1 amide bonds. The predicted octanol–water partition coefficient (Wildman–Crippen LogP) is 1.82. The van der Waals surface area contributed by atoms with E-state index in [1.165, 1.54) is 7.11 Å². The Morgan fingerprint density at radius 3 is 2.43 bits per heavy atom. The number of aliphatic carboxylic acids is 1. The van der Waals surface area contributed by atoms with Crippen molar-refractivity contribution in [1.29, 1.82) is 0 Å². The number of para-hydroxylation sites is 2. The van der Waals surface area contributed by atoms with Crippen LogP contribution in [-0.4, -0.2) is 48.1 Å². The van der Waals surface area contributed by atoms with Crippen LogP contribution in [0.4, 0.5) is 5.69 Å². The number of carboxylic acids is 1. The minimum Gasteiger partial charge on any atom is -0.495 e. The van der Waals surface area contributed by atoms with Crippen LogP contribution in [0.2, 0.25) is 0 Å². The van der Waals surface area contributed by atoms with E-state index in [9.17, 15) is 14.7 Å². The molecular weight excluding hydrogens is 272 g/mol. The number of hydrogen-bond donors (Lipinski definition) is 2. The standard InChI is InChI=1S/C15H22N2O4/c1-4-17(5-2)12(15(19)20)10-14(18)16-11-8-6-7-9-13(11)21-3/h6-9,12H,4-5,10H2,1-3H3,(H,16,18)(H,19,20)/t12-/m0/s1. The van der Waals surface area contributed by atoms with Gasteiger partial charge in [-0.15, -0.1) is 0 Å². The van der Waals surface area contributed by atoms with Crippen LogP contribution < -0.4 is 10.1 Å². The van der Waals surface area contributed by atoms with Crippen molar-refractivity contribution in [2.75, 3.05) is 25.5 Å². The number of hydrogen-bond acceptors (Lipinski definition) is 4. The Bertz CT molecular complexity index is 486. The number of likely N-dealkylation sites (N-methyl/N-ethyl adjacent to an activating group) is 1. The number of anilines is 1. The molecule has 21 heavy (non-hydrogen) atoms. The highest BCUT2D eigenvalue weighted by Crippen LogP contribution is 2.23. The zero-order chi connectivity index (χ0) is 15.8. The number of nitrogens with one attached hydrogen (secondary N) is 1. The molecule has 0 aliphatic rings. The van der Waals surface area contributed by atoms with Crippen molar-refractivity contribution in [3.8, 4) is 5.75 Å². The monoisotopic (exact) mass is 294 g/mol. The van der Waals surface area contributed by atoms with Gasteiger partial charge in [-0.05, 0) is 25.2 Å². The SMILES string of the molecule is CCN(CC)[C@@H](CC(=O)Nc1ccccc1OC)C(=O)O. The van der Waals surface area contributed by atoms with Crippen molar-refractivity contribution in [2.24, 2.45) is 0 Å². The lowest BCUT2D eigenvalue weighted by Gasteiger charge is -2.25. The maximum Gasteiger partial charge on any atom is 0.321 e. The molecular formula is C15H22N2O4. The van der Waals surface area contributed by atoms with Gasteiger partial charge in [0, 0.05) is 0 Å². The molecule has 0 aliphatic carbocycles. The zero-order valence-electron chi connectivity index (χ0n) is 12.6. The molecule has 0 aliphatic heterocycles. The molecule has 1 atom stereocenters.